The van der Waals surface area contributed by atoms with Crippen LogP contribution in [-0.2, 0) is 6.42 Å². The highest BCUT2D eigenvalue weighted by Crippen LogP contribution is 2.42. The molecule has 28 heavy (non-hydrogen) atoms. The van der Waals surface area contributed by atoms with Crippen molar-refractivity contribution in [1.29, 1.82) is 0 Å². The lowest BCUT2D eigenvalue weighted by molar-refractivity contribution is -0.0794. The van der Waals surface area contributed by atoms with E-state index in [1.807, 2.05) is 23.0 Å². The summed E-state index contributed by atoms with van der Waals surface area (Å²) in [4.78, 5) is 13.8. The first-order valence-corrected chi connectivity index (χ1v) is 9.61. The Hall–Kier alpha value is -2.90. The zero-order valence-electron chi connectivity index (χ0n) is 15.1. The summed E-state index contributed by atoms with van der Waals surface area (Å²) in [5, 5.41) is 7.42. The summed E-state index contributed by atoms with van der Waals surface area (Å²) in [6, 6.07) is 1.70. The number of allylic oxidation sites excluding steroid dienone is 1. The third-order valence-corrected chi connectivity index (χ3v) is 5.77. The Bertz CT molecular complexity index is 1130. The van der Waals surface area contributed by atoms with Crippen LogP contribution in [0, 0.1) is 0 Å². The lowest BCUT2D eigenvalue weighted by Gasteiger charge is -2.35. The van der Waals surface area contributed by atoms with Gasteiger partial charge in [0.2, 0.25) is 5.95 Å². The molecule has 8 heteroatoms. The third kappa shape index (κ3) is 2.58. The number of fused-ring (bicyclic) bond motifs is 2. The molecule has 0 unspecified atom stereocenters. The van der Waals surface area contributed by atoms with Gasteiger partial charge in [-0.05, 0) is 24.8 Å². The molecule has 144 valence electrons. The van der Waals surface area contributed by atoms with Crippen molar-refractivity contribution in [3.05, 3.63) is 53.2 Å². The fraction of sp³-hybridized carbons (Fsp3) is 0.400. The molecule has 0 aliphatic heterocycles. The van der Waals surface area contributed by atoms with Crippen LogP contribution in [0.5, 0.6) is 0 Å². The Labute approximate surface area is 161 Å². The summed E-state index contributed by atoms with van der Waals surface area (Å²) in [7, 11) is 0. The van der Waals surface area contributed by atoms with E-state index in [-0.39, 0.29) is 20.3 Å². The zero-order chi connectivity index (χ0) is 18.9. The van der Waals surface area contributed by atoms with Crippen molar-refractivity contribution >= 4 is 17.2 Å². The smallest absolute Gasteiger partial charge is 0.252 e. The van der Waals surface area contributed by atoms with Crippen molar-refractivity contribution in [2.45, 2.75) is 50.0 Å². The molecule has 2 saturated carbocycles. The Morgan fingerprint density at radius 3 is 2.82 bits per heavy atom. The minimum Gasteiger partial charge on any atom is -0.351 e. The highest BCUT2D eigenvalue weighted by molar-refractivity contribution is 5.82. The van der Waals surface area contributed by atoms with Crippen LogP contribution in [0.4, 0.5) is 14.7 Å². The number of hydrogen-bond acceptors (Lipinski definition) is 5. The molecule has 2 fully saturated rings. The molecular weight excluding hydrogens is 362 g/mol. The number of halogens is 2. The maximum atomic E-state index is 13.0. The minimum atomic E-state index is -2.56. The molecule has 3 aliphatic rings. The topological polar surface area (TPSA) is 68.0 Å². The standard InChI is InChI=1S/C20H18F2N6.H2/c21-20(22)7-12(8-20)25-19-23-9-15-13(3-4-16(15)27-19)17-5-6-28-18(26-17)14(10-24-28)11-1-2-11;/h3,5-6,9-12H,1-2,4,7-8H2,(H,23,25,27);1H. The van der Waals surface area contributed by atoms with Crippen LogP contribution in [0.1, 0.15) is 55.5 Å². The van der Waals surface area contributed by atoms with Crippen LogP contribution in [0.15, 0.2) is 30.7 Å². The Balaban J connectivity index is 0.00000181. The molecule has 3 heterocycles. The van der Waals surface area contributed by atoms with E-state index in [9.17, 15) is 8.78 Å². The second-order valence-electron chi connectivity index (χ2n) is 7.94. The third-order valence-electron chi connectivity index (χ3n) is 5.77. The fourth-order valence-electron chi connectivity index (χ4n) is 4.08. The van der Waals surface area contributed by atoms with Gasteiger partial charge in [0.15, 0.2) is 5.65 Å². The van der Waals surface area contributed by atoms with Gasteiger partial charge >= 0.3 is 0 Å². The second-order valence-corrected chi connectivity index (χ2v) is 7.94. The van der Waals surface area contributed by atoms with Gasteiger partial charge in [-0.25, -0.2) is 28.2 Å². The Kier molecular flexibility index (Phi) is 3.19. The molecule has 6 nitrogen and oxygen atoms in total. The normalized spacial score (nSPS) is 20.7. The monoisotopic (exact) mass is 382 g/mol. The van der Waals surface area contributed by atoms with E-state index in [0.717, 1.165) is 28.2 Å². The molecule has 0 amide bonds. The lowest BCUT2D eigenvalue weighted by Crippen LogP contribution is -2.44. The van der Waals surface area contributed by atoms with Crippen LogP contribution in [-0.4, -0.2) is 36.5 Å². The van der Waals surface area contributed by atoms with Gasteiger partial charge in [0.1, 0.15) is 0 Å². The molecule has 0 radical (unpaired) electrons. The molecule has 0 aromatic carbocycles. The van der Waals surface area contributed by atoms with Crippen LogP contribution < -0.4 is 5.32 Å². The molecular formula is C20H20F2N6. The van der Waals surface area contributed by atoms with Crippen molar-refractivity contribution in [1.82, 2.24) is 24.6 Å². The first-order chi connectivity index (χ1) is 13.6. The summed E-state index contributed by atoms with van der Waals surface area (Å²) >= 11 is 0. The van der Waals surface area contributed by atoms with Gasteiger partial charge in [-0.2, -0.15) is 5.10 Å². The molecule has 3 aromatic rings. The zero-order valence-corrected chi connectivity index (χ0v) is 15.1. The second kappa shape index (κ2) is 5.56. The summed E-state index contributed by atoms with van der Waals surface area (Å²) in [6.45, 7) is 0. The molecule has 3 aliphatic carbocycles. The Morgan fingerprint density at radius 2 is 2.04 bits per heavy atom. The maximum Gasteiger partial charge on any atom is 0.252 e. The van der Waals surface area contributed by atoms with Crippen LogP contribution >= 0.6 is 0 Å². The number of aromatic nitrogens is 5. The van der Waals surface area contributed by atoms with E-state index in [4.69, 9.17) is 4.98 Å². The summed E-state index contributed by atoms with van der Waals surface area (Å²) in [5.41, 5.74) is 5.89. The van der Waals surface area contributed by atoms with Gasteiger partial charge in [-0.3, -0.25) is 0 Å². The molecule has 3 aromatic heterocycles. The van der Waals surface area contributed by atoms with Crippen molar-refractivity contribution < 1.29 is 10.2 Å². The van der Waals surface area contributed by atoms with Crippen LogP contribution in [0.3, 0.4) is 0 Å². The molecule has 1 N–H and O–H groups in total. The summed E-state index contributed by atoms with van der Waals surface area (Å²) in [5.74, 6) is -1.55. The van der Waals surface area contributed by atoms with Gasteiger partial charge in [-0.15, -0.1) is 0 Å². The molecule has 0 bridgehead atoms. The number of hydrogen-bond donors (Lipinski definition) is 1. The number of nitrogens with one attached hydrogen (secondary N) is 1. The average molecular weight is 382 g/mol. The largest absolute Gasteiger partial charge is 0.351 e. The summed E-state index contributed by atoms with van der Waals surface area (Å²) in [6.07, 6.45) is 10.5. The number of alkyl halides is 2. The molecule has 6 rings (SSSR count). The van der Waals surface area contributed by atoms with Crippen LogP contribution in [0.25, 0.3) is 11.2 Å². The van der Waals surface area contributed by atoms with Gasteiger partial charge in [0.05, 0.1) is 17.6 Å². The first-order valence-electron chi connectivity index (χ1n) is 9.61. The highest BCUT2D eigenvalue weighted by atomic mass is 19.3. The van der Waals surface area contributed by atoms with Gasteiger partial charge < -0.3 is 5.32 Å². The fourth-order valence-corrected chi connectivity index (χ4v) is 4.08. The maximum absolute atomic E-state index is 13.0. The highest BCUT2D eigenvalue weighted by Gasteiger charge is 2.45. The predicted octanol–water partition coefficient (Wildman–Crippen LogP) is 3.84. The number of nitrogens with zero attached hydrogens (tertiary/aromatic N) is 5. The quantitative estimate of drug-likeness (QED) is 0.743. The van der Waals surface area contributed by atoms with E-state index in [0.29, 0.717) is 18.3 Å². The summed E-state index contributed by atoms with van der Waals surface area (Å²) < 4.78 is 27.9. The SMILES string of the molecule is FC1(F)CC(Nc2ncc3c(n2)CC=C3c2ccn3ncc(C4CC4)c3n2)C1.[HH]. The van der Waals surface area contributed by atoms with Gasteiger partial charge in [0, 0.05) is 55.8 Å². The number of anilines is 1. The molecule has 0 atom stereocenters. The minimum absolute atomic E-state index is 0. The van der Waals surface area contributed by atoms with E-state index in [1.165, 1.54) is 18.4 Å². The lowest BCUT2D eigenvalue weighted by atomic mass is 9.88. The van der Waals surface area contributed by atoms with Gasteiger partial charge in [0.25, 0.3) is 5.92 Å². The molecule has 0 saturated heterocycles. The van der Waals surface area contributed by atoms with Crippen molar-refractivity contribution in [2.24, 2.45) is 0 Å². The van der Waals surface area contributed by atoms with Crippen molar-refractivity contribution in [3.63, 3.8) is 0 Å². The predicted molar refractivity (Wildman–Crippen MR) is 101 cm³/mol. The average Bonchev–Trinajstić information content (AvgIpc) is 3.26. The van der Waals surface area contributed by atoms with E-state index in [1.54, 1.807) is 6.20 Å². The Morgan fingerprint density at radius 1 is 1.18 bits per heavy atom. The first kappa shape index (κ1) is 16.1. The molecule has 0 spiro atoms. The van der Waals surface area contributed by atoms with E-state index >= 15 is 0 Å². The number of rotatable bonds is 4. The van der Waals surface area contributed by atoms with Gasteiger partial charge in [-0.1, -0.05) is 6.08 Å². The van der Waals surface area contributed by atoms with Crippen LogP contribution in [0.2, 0.25) is 0 Å². The van der Waals surface area contributed by atoms with Crippen molar-refractivity contribution in [3.8, 4) is 0 Å². The van der Waals surface area contributed by atoms with E-state index in [2.05, 4.69) is 26.5 Å². The van der Waals surface area contributed by atoms with Crippen molar-refractivity contribution in [2.75, 3.05) is 5.32 Å². The van der Waals surface area contributed by atoms with E-state index < -0.39 is 5.92 Å².